The van der Waals surface area contributed by atoms with E-state index in [9.17, 15) is 4.79 Å². The van der Waals surface area contributed by atoms with Crippen LogP contribution in [-0.2, 0) is 0 Å². The van der Waals surface area contributed by atoms with Crippen LogP contribution in [0.3, 0.4) is 0 Å². The molecule has 5 rings (SSSR count). The largest absolute Gasteiger partial charge is 0.459 e. The van der Waals surface area contributed by atoms with Gasteiger partial charge in [-0.15, -0.1) is 0 Å². The molecule has 0 N–H and O–H groups in total. The quantitative estimate of drug-likeness (QED) is 0.829. The maximum absolute atomic E-state index is 12.5. The highest BCUT2D eigenvalue weighted by Gasteiger charge is 2.38. The minimum absolute atomic E-state index is 0.0519. The zero-order valence-corrected chi connectivity index (χ0v) is 13.3. The zero-order valence-electron chi connectivity index (χ0n) is 13.3. The number of hydrogen-bond acceptors (Lipinski definition) is 4. The van der Waals surface area contributed by atoms with E-state index in [0.29, 0.717) is 11.8 Å². The summed E-state index contributed by atoms with van der Waals surface area (Å²) in [5.41, 5.74) is 0.935. The molecule has 0 saturated carbocycles. The molecule has 1 aromatic rings. The van der Waals surface area contributed by atoms with E-state index in [4.69, 9.17) is 4.42 Å². The molecule has 1 atom stereocenters. The maximum atomic E-state index is 12.5. The first-order chi connectivity index (χ1) is 10.7. The number of piperazine rings is 1. The standard InChI is InChI=1S/C17H25N3O2/c1-13-4-11-22-16(13)17(21)20-9-7-19(8-10-20)15-12-18-5-2-14(15)3-6-18/h4,11,14-15H,2-3,5-10,12H2,1H3/t15-/m1/s1. The molecule has 2 bridgehead atoms. The van der Waals surface area contributed by atoms with E-state index in [0.717, 1.165) is 37.7 Å². The Morgan fingerprint density at radius 1 is 1.14 bits per heavy atom. The summed E-state index contributed by atoms with van der Waals surface area (Å²) >= 11 is 0. The first-order valence-electron chi connectivity index (χ1n) is 8.52. The van der Waals surface area contributed by atoms with Crippen molar-refractivity contribution in [3.05, 3.63) is 23.7 Å². The summed E-state index contributed by atoms with van der Waals surface area (Å²) in [6, 6.07) is 2.57. The van der Waals surface area contributed by atoms with Crippen LogP contribution >= 0.6 is 0 Å². The van der Waals surface area contributed by atoms with E-state index in [-0.39, 0.29) is 5.91 Å². The minimum Gasteiger partial charge on any atom is -0.459 e. The number of fused-ring (bicyclic) bond motifs is 3. The molecule has 4 aliphatic heterocycles. The van der Waals surface area contributed by atoms with Gasteiger partial charge in [-0.2, -0.15) is 0 Å². The minimum atomic E-state index is 0.0519. The lowest BCUT2D eigenvalue weighted by Crippen LogP contribution is -2.61. The fourth-order valence-electron chi connectivity index (χ4n) is 4.34. The molecule has 5 heterocycles. The number of piperidine rings is 3. The maximum Gasteiger partial charge on any atom is 0.289 e. The summed E-state index contributed by atoms with van der Waals surface area (Å²) in [5, 5.41) is 0. The molecule has 4 saturated heterocycles. The topological polar surface area (TPSA) is 39.9 Å². The summed E-state index contributed by atoms with van der Waals surface area (Å²) in [7, 11) is 0. The van der Waals surface area contributed by atoms with Crippen LogP contribution in [0.4, 0.5) is 0 Å². The van der Waals surface area contributed by atoms with Gasteiger partial charge in [0.25, 0.3) is 5.91 Å². The molecule has 4 aliphatic rings. The third kappa shape index (κ3) is 2.46. The number of aryl methyl sites for hydroxylation is 1. The van der Waals surface area contributed by atoms with Crippen molar-refractivity contribution in [3.63, 3.8) is 0 Å². The molecule has 120 valence electrons. The Bertz CT molecular complexity index is 540. The van der Waals surface area contributed by atoms with Gasteiger partial charge in [0.15, 0.2) is 5.76 Å². The lowest BCUT2D eigenvalue weighted by molar-refractivity contribution is -0.0135. The van der Waals surface area contributed by atoms with E-state index >= 15 is 0 Å². The first kappa shape index (κ1) is 14.3. The highest BCUT2D eigenvalue weighted by atomic mass is 16.3. The molecular formula is C17H25N3O2. The second kappa shape index (κ2) is 5.70. The van der Waals surface area contributed by atoms with Crippen molar-refractivity contribution in [3.8, 4) is 0 Å². The lowest BCUT2D eigenvalue weighted by Gasteiger charge is -2.50. The normalized spacial score (nSPS) is 32.4. The summed E-state index contributed by atoms with van der Waals surface area (Å²) in [5.74, 6) is 1.44. The van der Waals surface area contributed by atoms with Crippen LogP contribution in [0.5, 0.6) is 0 Å². The van der Waals surface area contributed by atoms with E-state index in [1.807, 2.05) is 17.9 Å². The predicted octanol–water partition coefficient (Wildman–Crippen LogP) is 1.44. The molecule has 0 spiro atoms. The summed E-state index contributed by atoms with van der Waals surface area (Å²) in [4.78, 5) is 19.7. The summed E-state index contributed by atoms with van der Waals surface area (Å²) in [6.07, 6.45) is 4.32. The molecule has 0 unspecified atom stereocenters. The Kier molecular flexibility index (Phi) is 3.70. The van der Waals surface area contributed by atoms with Crippen LogP contribution in [0.2, 0.25) is 0 Å². The fourth-order valence-corrected chi connectivity index (χ4v) is 4.34. The van der Waals surface area contributed by atoms with Gasteiger partial charge in [0.05, 0.1) is 6.26 Å². The predicted molar refractivity (Wildman–Crippen MR) is 83.9 cm³/mol. The smallest absolute Gasteiger partial charge is 0.289 e. The van der Waals surface area contributed by atoms with Crippen LogP contribution < -0.4 is 0 Å². The van der Waals surface area contributed by atoms with Crippen molar-refractivity contribution in [2.45, 2.75) is 25.8 Å². The van der Waals surface area contributed by atoms with Gasteiger partial charge in [0.1, 0.15) is 0 Å². The van der Waals surface area contributed by atoms with Crippen molar-refractivity contribution < 1.29 is 9.21 Å². The van der Waals surface area contributed by atoms with Gasteiger partial charge in [0.2, 0.25) is 0 Å². The third-order valence-electron chi connectivity index (χ3n) is 5.75. The Hall–Kier alpha value is -1.33. The van der Waals surface area contributed by atoms with Crippen molar-refractivity contribution >= 4 is 5.91 Å². The van der Waals surface area contributed by atoms with Gasteiger partial charge >= 0.3 is 0 Å². The summed E-state index contributed by atoms with van der Waals surface area (Å²) < 4.78 is 5.35. The van der Waals surface area contributed by atoms with Crippen LogP contribution in [0.25, 0.3) is 0 Å². The molecule has 0 aliphatic carbocycles. The number of carbonyl (C=O) groups excluding carboxylic acids is 1. The fraction of sp³-hybridized carbons (Fsp3) is 0.706. The lowest BCUT2D eigenvalue weighted by atomic mass is 9.83. The second-order valence-electron chi connectivity index (χ2n) is 6.97. The summed E-state index contributed by atoms with van der Waals surface area (Å²) in [6.45, 7) is 9.39. The zero-order chi connectivity index (χ0) is 15.1. The number of rotatable bonds is 2. The van der Waals surface area contributed by atoms with Gasteiger partial charge in [-0.1, -0.05) is 0 Å². The van der Waals surface area contributed by atoms with Crippen molar-refractivity contribution in [1.82, 2.24) is 14.7 Å². The molecule has 22 heavy (non-hydrogen) atoms. The molecule has 0 aromatic carbocycles. The van der Waals surface area contributed by atoms with Crippen molar-refractivity contribution in [2.75, 3.05) is 45.8 Å². The molecule has 4 fully saturated rings. The number of furan rings is 1. The number of hydrogen-bond donors (Lipinski definition) is 0. The number of carbonyl (C=O) groups is 1. The van der Waals surface area contributed by atoms with E-state index in [1.54, 1.807) is 6.26 Å². The monoisotopic (exact) mass is 303 g/mol. The SMILES string of the molecule is Cc1ccoc1C(=O)N1CCN([C@@H]2CN3CCC2CC3)CC1. The van der Waals surface area contributed by atoms with Gasteiger partial charge < -0.3 is 14.2 Å². The van der Waals surface area contributed by atoms with Crippen LogP contribution in [0.1, 0.15) is 29.0 Å². The Morgan fingerprint density at radius 3 is 2.41 bits per heavy atom. The molecule has 1 amide bonds. The van der Waals surface area contributed by atoms with E-state index in [1.165, 1.54) is 32.5 Å². The molecular weight excluding hydrogens is 278 g/mol. The first-order valence-corrected chi connectivity index (χ1v) is 8.52. The molecule has 5 heteroatoms. The highest BCUT2D eigenvalue weighted by Crippen LogP contribution is 2.31. The molecule has 1 aromatic heterocycles. The van der Waals surface area contributed by atoms with Crippen LogP contribution in [-0.4, -0.2) is 72.5 Å². The highest BCUT2D eigenvalue weighted by molar-refractivity contribution is 5.92. The van der Waals surface area contributed by atoms with Crippen molar-refractivity contribution in [1.29, 1.82) is 0 Å². The number of nitrogens with zero attached hydrogens (tertiary/aromatic N) is 3. The Balaban J connectivity index is 1.37. The van der Waals surface area contributed by atoms with Gasteiger partial charge in [0, 0.05) is 44.3 Å². The van der Waals surface area contributed by atoms with Crippen molar-refractivity contribution in [2.24, 2.45) is 5.92 Å². The Morgan fingerprint density at radius 2 is 1.86 bits per heavy atom. The van der Waals surface area contributed by atoms with Crippen LogP contribution in [0, 0.1) is 12.8 Å². The van der Waals surface area contributed by atoms with Gasteiger partial charge in [-0.3, -0.25) is 9.69 Å². The average Bonchev–Trinajstić information content (AvgIpc) is 3.01. The molecule has 0 radical (unpaired) electrons. The number of amides is 1. The van der Waals surface area contributed by atoms with E-state index in [2.05, 4.69) is 9.80 Å². The van der Waals surface area contributed by atoms with Gasteiger partial charge in [-0.25, -0.2) is 0 Å². The van der Waals surface area contributed by atoms with Crippen LogP contribution in [0.15, 0.2) is 16.7 Å². The average molecular weight is 303 g/mol. The Labute approximate surface area is 131 Å². The third-order valence-corrected chi connectivity index (χ3v) is 5.75. The van der Waals surface area contributed by atoms with E-state index < -0.39 is 0 Å². The molecule has 5 nitrogen and oxygen atoms in total. The second-order valence-corrected chi connectivity index (χ2v) is 6.97. The van der Waals surface area contributed by atoms with Gasteiger partial charge in [-0.05, 0) is 44.8 Å².